The van der Waals surface area contributed by atoms with E-state index < -0.39 is 23.2 Å². The molecular weight excluding hydrogens is 359 g/mol. The van der Waals surface area contributed by atoms with Crippen LogP contribution in [0.5, 0.6) is 0 Å². The van der Waals surface area contributed by atoms with Gasteiger partial charge in [-0.25, -0.2) is 9.18 Å². The third-order valence-corrected chi connectivity index (χ3v) is 5.35. The van der Waals surface area contributed by atoms with Crippen molar-refractivity contribution in [3.8, 4) is 0 Å². The van der Waals surface area contributed by atoms with Crippen LogP contribution in [0, 0.1) is 5.82 Å². The Morgan fingerprint density at radius 2 is 2.00 bits per heavy atom. The van der Waals surface area contributed by atoms with Gasteiger partial charge in [0.1, 0.15) is 11.9 Å². The molecule has 2 fully saturated rings. The van der Waals surface area contributed by atoms with Crippen LogP contribution in [-0.4, -0.2) is 48.3 Å². The first-order valence-electron chi connectivity index (χ1n) is 8.31. The Kier molecular flexibility index (Phi) is 5.31. The van der Waals surface area contributed by atoms with Gasteiger partial charge in [-0.2, -0.15) is 0 Å². The molecule has 1 atom stereocenters. The number of nitrogens with zero attached hydrogens (tertiary/aromatic N) is 2. The highest BCUT2D eigenvalue weighted by atomic mass is 32.2. The van der Waals surface area contributed by atoms with Crippen molar-refractivity contribution in [1.82, 2.24) is 4.90 Å². The molecule has 6 nitrogen and oxygen atoms in total. The van der Waals surface area contributed by atoms with Crippen LogP contribution in [0.1, 0.15) is 25.3 Å². The summed E-state index contributed by atoms with van der Waals surface area (Å²) in [6.07, 6.45) is 3.56. The minimum Gasteiger partial charge on any atom is -0.467 e. The minimum absolute atomic E-state index is 0.152. The molecule has 1 unspecified atom stereocenters. The number of imide groups is 1. The van der Waals surface area contributed by atoms with Gasteiger partial charge in [0.2, 0.25) is 0 Å². The largest absolute Gasteiger partial charge is 0.467 e. The van der Waals surface area contributed by atoms with Gasteiger partial charge in [-0.15, -0.1) is 0 Å². The van der Waals surface area contributed by atoms with Crippen LogP contribution in [-0.2, 0) is 14.3 Å². The van der Waals surface area contributed by atoms with E-state index >= 15 is 0 Å². The average Bonchev–Trinajstić information content (AvgIpc) is 3.23. The number of amides is 2. The normalized spacial score (nSPS) is 20.2. The van der Waals surface area contributed by atoms with E-state index in [1.165, 1.54) is 26.2 Å². The van der Waals surface area contributed by atoms with Gasteiger partial charge in [-0.05, 0) is 55.3 Å². The molecule has 0 aliphatic carbocycles. The minimum atomic E-state index is -1.01. The van der Waals surface area contributed by atoms with Crippen LogP contribution in [0.25, 0.3) is 6.08 Å². The van der Waals surface area contributed by atoms with Crippen molar-refractivity contribution in [2.75, 3.05) is 25.1 Å². The van der Waals surface area contributed by atoms with Crippen LogP contribution in [0.3, 0.4) is 0 Å². The molecule has 138 valence electrons. The fourth-order valence-electron chi connectivity index (χ4n) is 3.07. The number of hydrogen-bond donors (Lipinski definition) is 0. The molecule has 0 N–H and O–H groups in total. The highest BCUT2D eigenvalue weighted by Gasteiger charge is 2.41. The number of hydrogen-bond acceptors (Lipinski definition) is 6. The van der Waals surface area contributed by atoms with Gasteiger partial charge in [0.15, 0.2) is 0 Å². The number of esters is 1. The first kappa shape index (κ1) is 18.4. The second-order valence-electron chi connectivity index (χ2n) is 6.16. The molecule has 0 spiro atoms. The zero-order valence-electron chi connectivity index (χ0n) is 14.5. The second kappa shape index (κ2) is 7.49. The molecule has 26 heavy (non-hydrogen) atoms. The van der Waals surface area contributed by atoms with Crippen LogP contribution in [0.2, 0.25) is 0 Å². The Morgan fingerprint density at radius 1 is 1.31 bits per heavy atom. The van der Waals surface area contributed by atoms with Crippen molar-refractivity contribution in [3.05, 3.63) is 34.5 Å². The Bertz CT molecular complexity index is 789. The summed E-state index contributed by atoms with van der Waals surface area (Å²) < 4.78 is 19.0. The summed E-state index contributed by atoms with van der Waals surface area (Å²) in [5, 5.41) is -0.548. The molecule has 0 aromatic heterocycles. The number of thioether (sulfide) groups is 1. The Hall–Kier alpha value is -2.35. The summed E-state index contributed by atoms with van der Waals surface area (Å²) in [5.41, 5.74) is 1.04. The average molecular weight is 378 g/mol. The number of methoxy groups -OCH3 is 1. The number of rotatable bonds is 4. The quantitative estimate of drug-likeness (QED) is 0.593. The lowest BCUT2D eigenvalue weighted by Crippen LogP contribution is -2.42. The van der Waals surface area contributed by atoms with Crippen LogP contribution in [0.4, 0.5) is 14.9 Å². The molecule has 2 aliphatic rings. The van der Waals surface area contributed by atoms with Crippen molar-refractivity contribution in [3.63, 3.8) is 0 Å². The van der Waals surface area contributed by atoms with Crippen molar-refractivity contribution >= 4 is 40.6 Å². The van der Waals surface area contributed by atoms with Gasteiger partial charge in [0.25, 0.3) is 11.1 Å². The SMILES string of the molecule is COC(=O)C(C)N1C(=O)S/C(=C/c2ccc(N3CCCC3)c(F)c2)C1=O. The number of anilines is 1. The maximum Gasteiger partial charge on any atom is 0.328 e. The first-order valence-corrected chi connectivity index (χ1v) is 9.13. The standard InChI is InChI=1S/C18H19FN2O4S/c1-11(17(23)25-2)21-16(22)15(26-18(21)24)10-12-5-6-14(13(19)9-12)20-7-3-4-8-20/h5-6,9-11H,3-4,7-8H2,1-2H3/b15-10+. The maximum atomic E-state index is 14.4. The van der Waals surface area contributed by atoms with Gasteiger partial charge in [0.05, 0.1) is 17.7 Å². The third kappa shape index (κ3) is 3.46. The Morgan fingerprint density at radius 3 is 2.62 bits per heavy atom. The molecule has 2 aliphatic heterocycles. The summed E-state index contributed by atoms with van der Waals surface area (Å²) in [6.45, 7) is 3.09. The van der Waals surface area contributed by atoms with E-state index in [9.17, 15) is 18.8 Å². The molecule has 1 aromatic carbocycles. The number of carbonyl (C=O) groups excluding carboxylic acids is 3. The fourth-order valence-corrected chi connectivity index (χ4v) is 3.98. The molecule has 3 rings (SSSR count). The number of benzene rings is 1. The summed E-state index contributed by atoms with van der Waals surface area (Å²) in [4.78, 5) is 39.1. The fraction of sp³-hybridized carbons (Fsp3) is 0.389. The summed E-state index contributed by atoms with van der Waals surface area (Å²) >= 11 is 0.726. The van der Waals surface area contributed by atoms with E-state index in [-0.39, 0.29) is 10.7 Å². The Balaban J connectivity index is 1.82. The van der Waals surface area contributed by atoms with E-state index in [1.54, 1.807) is 12.1 Å². The monoisotopic (exact) mass is 378 g/mol. The van der Waals surface area contributed by atoms with Crippen LogP contribution in [0.15, 0.2) is 23.1 Å². The Labute approximate surface area is 155 Å². The molecule has 2 saturated heterocycles. The van der Waals surface area contributed by atoms with E-state index in [0.29, 0.717) is 11.3 Å². The lowest BCUT2D eigenvalue weighted by molar-refractivity contribution is -0.148. The lowest BCUT2D eigenvalue weighted by atomic mass is 10.1. The summed E-state index contributed by atoms with van der Waals surface area (Å²) in [7, 11) is 1.19. The van der Waals surface area contributed by atoms with E-state index in [0.717, 1.165) is 42.6 Å². The van der Waals surface area contributed by atoms with Gasteiger partial charge in [-0.1, -0.05) is 6.07 Å². The lowest BCUT2D eigenvalue weighted by Gasteiger charge is -2.19. The van der Waals surface area contributed by atoms with E-state index in [2.05, 4.69) is 4.74 Å². The first-order chi connectivity index (χ1) is 12.4. The number of halogens is 1. The van der Waals surface area contributed by atoms with Gasteiger partial charge < -0.3 is 9.64 Å². The molecule has 2 amide bonds. The molecule has 2 heterocycles. The van der Waals surface area contributed by atoms with Crippen LogP contribution < -0.4 is 4.90 Å². The van der Waals surface area contributed by atoms with E-state index in [1.807, 2.05) is 4.90 Å². The molecule has 0 bridgehead atoms. The summed E-state index contributed by atoms with van der Waals surface area (Å²) in [5.74, 6) is -1.61. The van der Waals surface area contributed by atoms with Crippen molar-refractivity contribution in [1.29, 1.82) is 0 Å². The highest BCUT2D eigenvalue weighted by Crippen LogP contribution is 2.34. The van der Waals surface area contributed by atoms with Crippen molar-refractivity contribution in [2.24, 2.45) is 0 Å². The third-order valence-electron chi connectivity index (χ3n) is 4.47. The van der Waals surface area contributed by atoms with Gasteiger partial charge in [0, 0.05) is 13.1 Å². The van der Waals surface area contributed by atoms with Crippen LogP contribution >= 0.6 is 11.8 Å². The predicted octanol–water partition coefficient (Wildman–Crippen LogP) is 3.02. The van der Waals surface area contributed by atoms with Gasteiger partial charge >= 0.3 is 5.97 Å². The molecule has 0 saturated carbocycles. The van der Waals surface area contributed by atoms with Gasteiger partial charge in [-0.3, -0.25) is 14.5 Å². The zero-order chi connectivity index (χ0) is 18.8. The molecule has 0 radical (unpaired) electrons. The smallest absolute Gasteiger partial charge is 0.328 e. The zero-order valence-corrected chi connectivity index (χ0v) is 15.3. The predicted molar refractivity (Wildman–Crippen MR) is 97.1 cm³/mol. The molecule has 8 heteroatoms. The van der Waals surface area contributed by atoms with Crippen molar-refractivity contribution < 1.29 is 23.5 Å². The maximum absolute atomic E-state index is 14.4. The number of ether oxygens (including phenoxy) is 1. The second-order valence-corrected chi connectivity index (χ2v) is 7.15. The molecular formula is C18H19FN2O4S. The molecule has 1 aromatic rings. The summed E-state index contributed by atoms with van der Waals surface area (Å²) in [6, 6.07) is 3.75. The topological polar surface area (TPSA) is 66.9 Å². The van der Waals surface area contributed by atoms with E-state index in [4.69, 9.17) is 0 Å². The number of carbonyl (C=O) groups is 3. The van der Waals surface area contributed by atoms with Crippen molar-refractivity contribution in [2.45, 2.75) is 25.8 Å². The highest BCUT2D eigenvalue weighted by molar-refractivity contribution is 8.18.